The fraction of sp³-hybridized carbons (Fsp3) is 0.333. The van der Waals surface area contributed by atoms with Gasteiger partial charge in [-0.1, -0.05) is 18.2 Å². The molecule has 1 amide bonds. The van der Waals surface area contributed by atoms with Crippen molar-refractivity contribution in [1.82, 2.24) is 4.90 Å². The third-order valence-corrected chi connectivity index (χ3v) is 5.42. The van der Waals surface area contributed by atoms with Gasteiger partial charge in [0.2, 0.25) is 6.79 Å². The smallest absolute Gasteiger partial charge is 0.311 e. The Bertz CT molecular complexity index is 931. The van der Waals surface area contributed by atoms with Gasteiger partial charge in [0.15, 0.2) is 11.5 Å². The molecule has 1 unspecified atom stereocenters. The van der Waals surface area contributed by atoms with E-state index in [9.17, 15) is 19.1 Å². The predicted molar refractivity (Wildman–Crippen MR) is 97.9 cm³/mol. The first-order valence-corrected chi connectivity index (χ1v) is 9.14. The number of hydrogen-bond donors (Lipinski definition) is 1. The summed E-state index contributed by atoms with van der Waals surface area (Å²) >= 11 is 0. The van der Waals surface area contributed by atoms with E-state index >= 15 is 0 Å². The number of carbonyl (C=O) groups is 2. The van der Waals surface area contributed by atoms with Crippen molar-refractivity contribution in [2.75, 3.05) is 19.9 Å². The van der Waals surface area contributed by atoms with Gasteiger partial charge >= 0.3 is 5.97 Å². The monoisotopic (exact) mass is 385 g/mol. The Balaban J connectivity index is 1.58. The van der Waals surface area contributed by atoms with Crippen LogP contribution in [0.15, 0.2) is 42.5 Å². The molecule has 2 aliphatic heterocycles. The number of aliphatic carboxylic acids is 1. The Morgan fingerprint density at radius 1 is 1.14 bits per heavy atom. The lowest BCUT2D eigenvalue weighted by atomic mass is 9.75. The highest BCUT2D eigenvalue weighted by Crippen LogP contribution is 2.37. The van der Waals surface area contributed by atoms with Gasteiger partial charge in [-0.2, -0.15) is 0 Å². The summed E-state index contributed by atoms with van der Waals surface area (Å²) in [6.45, 7) is 0.602. The molecule has 2 aliphatic rings. The number of benzene rings is 2. The number of piperidine rings is 1. The van der Waals surface area contributed by atoms with Crippen LogP contribution in [0, 0.1) is 11.2 Å². The lowest BCUT2D eigenvalue weighted by molar-refractivity contribution is -0.151. The summed E-state index contributed by atoms with van der Waals surface area (Å²) in [6.07, 6.45) is 0.971. The van der Waals surface area contributed by atoms with Crippen LogP contribution in [0.4, 0.5) is 4.39 Å². The number of nitrogens with zero attached hydrogens (tertiary/aromatic N) is 1. The molecule has 0 aromatic heterocycles. The zero-order valence-corrected chi connectivity index (χ0v) is 15.2. The zero-order chi connectivity index (χ0) is 19.7. The Morgan fingerprint density at radius 3 is 2.71 bits per heavy atom. The maximum atomic E-state index is 14.1. The standard InChI is InChI=1S/C21H20FNO5/c22-16-5-2-1-4-15(16)11-21(20(25)26)8-3-9-23(12-21)19(24)14-6-7-17-18(10-14)28-13-27-17/h1-2,4-7,10H,3,8-9,11-13H2,(H,25,26). The molecule has 0 aliphatic carbocycles. The van der Waals surface area contributed by atoms with Crippen LogP contribution >= 0.6 is 0 Å². The van der Waals surface area contributed by atoms with Gasteiger partial charge in [-0.05, 0) is 49.1 Å². The first kappa shape index (κ1) is 18.3. The maximum Gasteiger partial charge on any atom is 0.311 e. The second kappa shape index (κ2) is 7.14. The third kappa shape index (κ3) is 3.28. The van der Waals surface area contributed by atoms with Crippen molar-refractivity contribution in [2.45, 2.75) is 19.3 Å². The van der Waals surface area contributed by atoms with Crippen LogP contribution in [-0.4, -0.2) is 41.8 Å². The number of fused-ring (bicyclic) bond motifs is 1. The van der Waals surface area contributed by atoms with Gasteiger partial charge in [-0.25, -0.2) is 4.39 Å². The van der Waals surface area contributed by atoms with Crippen LogP contribution in [0.1, 0.15) is 28.8 Å². The number of rotatable bonds is 4. The lowest BCUT2D eigenvalue weighted by Gasteiger charge is -2.40. The molecule has 2 heterocycles. The van der Waals surface area contributed by atoms with E-state index in [-0.39, 0.29) is 25.7 Å². The summed E-state index contributed by atoms with van der Waals surface area (Å²) in [4.78, 5) is 26.7. The first-order chi connectivity index (χ1) is 13.5. The van der Waals surface area contributed by atoms with Crippen molar-refractivity contribution in [3.8, 4) is 11.5 Å². The summed E-state index contributed by atoms with van der Waals surface area (Å²) in [5.41, 5.74) is -0.453. The van der Waals surface area contributed by atoms with Gasteiger partial charge in [-0.3, -0.25) is 9.59 Å². The molecular formula is C21H20FNO5. The fourth-order valence-electron chi connectivity index (χ4n) is 3.92. The number of halogens is 1. The molecule has 4 rings (SSSR count). The van der Waals surface area contributed by atoms with Crippen LogP contribution in [-0.2, 0) is 11.2 Å². The summed E-state index contributed by atoms with van der Waals surface area (Å²) in [7, 11) is 0. The SMILES string of the molecule is O=C(c1ccc2c(c1)OCO2)N1CCCC(Cc2ccccc2F)(C(=O)O)C1. The summed E-state index contributed by atoms with van der Waals surface area (Å²) in [6, 6.07) is 11.1. The molecule has 1 N–H and O–H groups in total. The Kier molecular flexibility index (Phi) is 4.66. The summed E-state index contributed by atoms with van der Waals surface area (Å²) < 4.78 is 24.7. The molecule has 1 atom stereocenters. The van der Waals surface area contributed by atoms with Crippen molar-refractivity contribution in [1.29, 1.82) is 0 Å². The molecule has 146 valence electrons. The van der Waals surface area contributed by atoms with E-state index in [1.165, 1.54) is 11.0 Å². The maximum absolute atomic E-state index is 14.1. The Morgan fingerprint density at radius 2 is 1.93 bits per heavy atom. The Hall–Kier alpha value is -3.09. The second-order valence-electron chi connectivity index (χ2n) is 7.25. The van der Waals surface area contributed by atoms with Crippen LogP contribution in [0.5, 0.6) is 11.5 Å². The number of hydrogen-bond acceptors (Lipinski definition) is 4. The van der Waals surface area contributed by atoms with E-state index in [0.29, 0.717) is 42.0 Å². The summed E-state index contributed by atoms with van der Waals surface area (Å²) in [5, 5.41) is 9.94. The fourth-order valence-corrected chi connectivity index (χ4v) is 3.92. The molecule has 1 saturated heterocycles. The number of carboxylic acid groups (broad SMARTS) is 1. The van der Waals surface area contributed by atoms with Gasteiger partial charge in [0.1, 0.15) is 5.82 Å². The van der Waals surface area contributed by atoms with Gasteiger partial charge in [-0.15, -0.1) is 0 Å². The third-order valence-electron chi connectivity index (χ3n) is 5.42. The minimum atomic E-state index is -1.22. The van der Waals surface area contributed by atoms with Crippen LogP contribution < -0.4 is 9.47 Å². The molecule has 7 heteroatoms. The molecule has 0 saturated carbocycles. The normalized spacial score (nSPS) is 20.8. The van der Waals surface area contributed by atoms with E-state index in [4.69, 9.17) is 9.47 Å². The second-order valence-corrected chi connectivity index (χ2v) is 7.25. The molecule has 1 fully saturated rings. The molecule has 0 radical (unpaired) electrons. The van der Waals surface area contributed by atoms with Crippen molar-refractivity contribution in [3.05, 3.63) is 59.4 Å². The quantitative estimate of drug-likeness (QED) is 0.875. The Labute approximate surface area is 161 Å². The minimum absolute atomic E-state index is 0.0317. The average molecular weight is 385 g/mol. The molecular weight excluding hydrogens is 365 g/mol. The van der Waals surface area contributed by atoms with E-state index < -0.39 is 17.2 Å². The molecule has 0 spiro atoms. The van der Waals surface area contributed by atoms with Crippen molar-refractivity contribution in [3.63, 3.8) is 0 Å². The van der Waals surface area contributed by atoms with Crippen LogP contribution in [0.2, 0.25) is 0 Å². The average Bonchev–Trinajstić information content (AvgIpc) is 3.17. The van der Waals surface area contributed by atoms with E-state index in [2.05, 4.69) is 0 Å². The van der Waals surface area contributed by atoms with E-state index in [1.807, 2.05) is 0 Å². The van der Waals surface area contributed by atoms with Gasteiger partial charge in [0.25, 0.3) is 5.91 Å². The number of ether oxygens (including phenoxy) is 2. The molecule has 0 bridgehead atoms. The molecule has 28 heavy (non-hydrogen) atoms. The first-order valence-electron chi connectivity index (χ1n) is 9.14. The van der Waals surface area contributed by atoms with Gasteiger partial charge in [0, 0.05) is 18.7 Å². The summed E-state index contributed by atoms with van der Waals surface area (Å²) in [5.74, 6) is -0.633. The van der Waals surface area contributed by atoms with Crippen LogP contribution in [0.3, 0.4) is 0 Å². The highest BCUT2D eigenvalue weighted by Gasteiger charge is 2.44. The predicted octanol–water partition coefficient (Wildman–Crippen LogP) is 3.10. The van der Waals surface area contributed by atoms with Gasteiger partial charge < -0.3 is 19.5 Å². The van der Waals surface area contributed by atoms with Gasteiger partial charge in [0.05, 0.1) is 5.41 Å². The lowest BCUT2D eigenvalue weighted by Crippen LogP contribution is -2.51. The molecule has 6 nitrogen and oxygen atoms in total. The number of amides is 1. The zero-order valence-electron chi connectivity index (χ0n) is 15.2. The highest BCUT2D eigenvalue weighted by molar-refractivity contribution is 5.95. The number of carbonyl (C=O) groups excluding carboxylic acids is 1. The van der Waals surface area contributed by atoms with Crippen molar-refractivity contribution >= 4 is 11.9 Å². The van der Waals surface area contributed by atoms with Crippen LogP contribution in [0.25, 0.3) is 0 Å². The topological polar surface area (TPSA) is 76.1 Å². The highest BCUT2D eigenvalue weighted by atomic mass is 19.1. The largest absolute Gasteiger partial charge is 0.481 e. The molecule has 2 aromatic rings. The number of carboxylic acids is 1. The number of likely N-dealkylation sites (tertiary alicyclic amines) is 1. The van der Waals surface area contributed by atoms with E-state index in [1.54, 1.807) is 36.4 Å². The minimum Gasteiger partial charge on any atom is -0.481 e. The van der Waals surface area contributed by atoms with E-state index in [0.717, 1.165) is 0 Å². The van der Waals surface area contributed by atoms with Crippen molar-refractivity contribution in [2.24, 2.45) is 5.41 Å². The van der Waals surface area contributed by atoms with Crippen molar-refractivity contribution < 1.29 is 28.6 Å². The molecule has 2 aromatic carbocycles.